The number of amides is 1. The van der Waals surface area contributed by atoms with Gasteiger partial charge in [0.05, 0.1) is 35.8 Å². The number of carbonyl (C=O) groups is 1. The first-order valence-electron chi connectivity index (χ1n) is 10.4. The van der Waals surface area contributed by atoms with Crippen LogP contribution in [-0.4, -0.2) is 54.1 Å². The zero-order valence-electron chi connectivity index (χ0n) is 17.7. The molecule has 1 fully saturated rings. The van der Waals surface area contributed by atoms with Gasteiger partial charge >= 0.3 is 0 Å². The van der Waals surface area contributed by atoms with Crippen molar-refractivity contribution in [2.24, 2.45) is 0 Å². The number of aromatic nitrogens is 6. The van der Waals surface area contributed by atoms with Gasteiger partial charge < -0.3 is 14.2 Å². The number of ether oxygens (including phenoxy) is 1. The zero-order chi connectivity index (χ0) is 22.1. The normalized spacial score (nSPS) is 15.4. The molecule has 0 aliphatic carbocycles. The number of nitrogens with zero attached hydrogens (tertiary/aromatic N) is 7. The number of benzene rings is 1. The van der Waals surface area contributed by atoms with Crippen LogP contribution in [0.4, 0.5) is 0 Å². The van der Waals surface area contributed by atoms with Gasteiger partial charge in [0, 0.05) is 12.7 Å². The van der Waals surface area contributed by atoms with Crippen LogP contribution in [0.2, 0.25) is 0 Å². The molecule has 3 aromatic heterocycles. The molecule has 4 heterocycles. The summed E-state index contributed by atoms with van der Waals surface area (Å²) >= 11 is 0. The Balaban J connectivity index is 1.42. The molecule has 0 N–H and O–H groups in total. The van der Waals surface area contributed by atoms with Gasteiger partial charge in [0.1, 0.15) is 6.04 Å². The molecule has 0 radical (unpaired) electrons. The second-order valence-electron chi connectivity index (χ2n) is 7.39. The molecule has 0 spiro atoms. The number of hydrogen-bond donors (Lipinski definition) is 0. The van der Waals surface area contributed by atoms with Crippen LogP contribution in [0.1, 0.15) is 41.2 Å². The van der Waals surface area contributed by atoms with Crippen molar-refractivity contribution in [2.45, 2.75) is 26.3 Å². The van der Waals surface area contributed by atoms with E-state index < -0.39 is 0 Å². The van der Waals surface area contributed by atoms with Crippen molar-refractivity contribution in [1.29, 1.82) is 0 Å². The van der Waals surface area contributed by atoms with Gasteiger partial charge in [0.2, 0.25) is 17.6 Å². The first kappa shape index (κ1) is 19.9. The van der Waals surface area contributed by atoms with Gasteiger partial charge in [0.25, 0.3) is 5.91 Å². The van der Waals surface area contributed by atoms with E-state index in [1.165, 1.54) is 4.80 Å². The van der Waals surface area contributed by atoms with E-state index in [2.05, 4.69) is 25.3 Å². The SMILES string of the molecule is CCOc1ncccc1-c1noc(C2CCN2C(=O)c2ccc(C)cc2-n2nccn2)n1. The second-order valence-corrected chi connectivity index (χ2v) is 7.39. The summed E-state index contributed by atoms with van der Waals surface area (Å²) in [5.41, 5.74) is 2.81. The molecule has 1 amide bonds. The highest BCUT2D eigenvalue weighted by molar-refractivity contribution is 5.98. The minimum Gasteiger partial charge on any atom is -0.477 e. The zero-order valence-corrected chi connectivity index (χ0v) is 17.7. The number of carbonyl (C=O) groups excluding carboxylic acids is 1. The fourth-order valence-corrected chi connectivity index (χ4v) is 3.66. The van der Waals surface area contributed by atoms with E-state index in [1.807, 2.05) is 32.0 Å². The molecule has 1 aliphatic heterocycles. The Kier molecular flexibility index (Phi) is 5.10. The van der Waals surface area contributed by atoms with Gasteiger partial charge in [0.15, 0.2) is 0 Å². The topological polar surface area (TPSA) is 112 Å². The van der Waals surface area contributed by atoms with E-state index in [0.29, 0.717) is 47.6 Å². The van der Waals surface area contributed by atoms with Crippen LogP contribution < -0.4 is 4.74 Å². The maximum absolute atomic E-state index is 13.4. The van der Waals surface area contributed by atoms with Gasteiger partial charge in [-0.25, -0.2) is 4.98 Å². The largest absolute Gasteiger partial charge is 0.477 e. The van der Waals surface area contributed by atoms with Crippen molar-refractivity contribution < 1.29 is 14.1 Å². The molecule has 32 heavy (non-hydrogen) atoms. The molecule has 4 aromatic rings. The third-order valence-corrected chi connectivity index (χ3v) is 5.32. The van der Waals surface area contributed by atoms with Crippen molar-refractivity contribution >= 4 is 5.91 Å². The van der Waals surface area contributed by atoms with Crippen LogP contribution in [0, 0.1) is 6.92 Å². The molecule has 10 nitrogen and oxygen atoms in total. The van der Waals surface area contributed by atoms with Crippen molar-refractivity contribution in [3.8, 4) is 23.0 Å². The third-order valence-electron chi connectivity index (χ3n) is 5.32. The van der Waals surface area contributed by atoms with Crippen LogP contribution in [0.15, 0.2) is 53.4 Å². The number of rotatable bonds is 6. The molecule has 0 bridgehead atoms. The summed E-state index contributed by atoms with van der Waals surface area (Å²) in [5, 5.41) is 12.5. The third kappa shape index (κ3) is 3.49. The minimum absolute atomic E-state index is 0.135. The number of aryl methyl sites for hydroxylation is 1. The summed E-state index contributed by atoms with van der Waals surface area (Å²) in [6.07, 6.45) is 5.55. The standard InChI is InChI=1S/C22H21N7O3/c1-3-31-20-16(5-4-9-23-20)19-26-21(32-27-19)17-8-12-28(17)22(30)15-7-6-14(2)13-18(15)29-24-10-11-25-29/h4-7,9-11,13,17H,3,8,12H2,1-2H3. The van der Waals surface area contributed by atoms with Crippen LogP contribution in [-0.2, 0) is 0 Å². The lowest BCUT2D eigenvalue weighted by Gasteiger charge is -2.38. The van der Waals surface area contributed by atoms with Crippen LogP contribution in [0.3, 0.4) is 0 Å². The van der Waals surface area contributed by atoms with Crippen molar-refractivity contribution in [3.63, 3.8) is 0 Å². The summed E-state index contributed by atoms with van der Waals surface area (Å²) in [6, 6.07) is 8.91. The molecule has 162 valence electrons. The van der Waals surface area contributed by atoms with Crippen LogP contribution in [0.25, 0.3) is 17.1 Å². The van der Waals surface area contributed by atoms with Crippen molar-refractivity contribution in [1.82, 2.24) is 35.0 Å². The summed E-state index contributed by atoms with van der Waals surface area (Å²) in [5.74, 6) is 1.08. The fraction of sp³-hybridized carbons (Fsp3) is 0.273. The molecule has 1 unspecified atom stereocenters. The highest BCUT2D eigenvalue weighted by atomic mass is 16.5. The molecular formula is C22H21N7O3. The van der Waals surface area contributed by atoms with Gasteiger partial charge in [-0.1, -0.05) is 11.2 Å². The average molecular weight is 431 g/mol. The van der Waals surface area contributed by atoms with E-state index in [4.69, 9.17) is 9.26 Å². The maximum Gasteiger partial charge on any atom is 0.256 e. The lowest BCUT2D eigenvalue weighted by atomic mass is 9.99. The van der Waals surface area contributed by atoms with E-state index in [1.54, 1.807) is 35.6 Å². The molecule has 1 aromatic carbocycles. The second kappa shape index (κ2) is 8.22. The van der Waals surface area contributed by atoms with E-state index in [9.17, 15) is 4.79 Å². The van der Waals surface area contributed by atoms with Crippen LogP contribution >= 0.6 is 0 Å². The Labute approximate surface area is 183 Å². The Morgan fingerprint density at radius 3 is 2.81 bits per heavy atom. The minimum atomic E-state index is -0.296. The Morgan fingerprint density at radius 1 is 1.22 bits per heavy atom. The summed E-state index contributed by atoms with van der Waals surface area (Å²) in [7, 11) is 0. The first-order valence-corrected chi connectivity index (χ1v) is 10.4. The lowest BCUT2D eigenvalue weighted by molar-refractivity contribution is 0.0378. The predicted molar refractivity (Wildman–Crippen MR) is 113 cm³/mol. The molecule has 5 rings (SSSR count). The Morgan fingerprint density at radius 2 is 2.06 bits per heavy atom. The quantitative estimate of drug-likeness (QED) is 0.458. The van der Waals surface area contributed by atoms with Crippen molar-refractivity contribution in [2.75, 3.05) is 13.2 Å². The molecule has 10 heteroatoms. The average Bonchev–Trinajstić information content (AvgIpc) is 3.46. The number of pyridine rings is 1. The maximum atomic E-state index is 13.4. The molecular weight excluding hydrogens is 410 g/mol. The predicted octanol–water partition coefficient (Wildman–Crippen LogP) is 3.01. The van der Waals surface area contributed by atoms with Gasteiger partial charge in [-0.15, -0.1) is 0 Å². The highest BCUT2D eigenvalue weighted by Crippen LogP contribution is 2.36. The summed E-state index contributed by atoms with van der Waals surface area (Å²) in [6.45, 7) is 4.92. The Bertz CT molecular complexity index is 1250. The lowest BCUT2D eigenvalue weighted by Crippen LogP contribution is -2.45. The monoisotopic (exact) mass is 431 g/mol. The molecule has 0 saturated carbocycles. The molecule has 1 atom stereocenters. The van der Waals surface area contributed by atoms with Crippen molar-refractivity contribution in [3.05, 3.63) is 65.9 Å². The first-order chi connectivity index (χ1) is 15.7. The Hall–Kier alpha value is -4.08. The highest BCUT2D eigenvalue weighted by Gasteiger charge is 2.39. The summed E-state index contributed by atoms with van der Waals surface area (Å²) in [4.78, 5) is 25.3. The van der Waals surface area contributed by atoms with E-state index in [0.717, 1.165) is 12.0 Å². The number of hydrogen-bond acceptors (Lipinski definition) is 8. The van der Waals surface area contributed by atoms with Gasteiger partial charge in [-0.3, -0.25) is 4.79 Å². The van der Waals surface area contributed by atoms with E-state index in [-0.39, 0.29) is 11.9 Å². The van der Waals surface area contributed by atoms with Gasteiger partial charge in [-0.05, 0) is 50.1 Å². The van der Waals surface area contributed by atoms with Gasteiger partial charge in [-0.2, -0.15) is 20.0 Å². The smallest absolute Gasteiger partial charge is 0.256 e. The summed E-state index contributed by atoms with van der Waals surface area (Å²) < 4.78 is 11.1. The fourth-order valence-electron chi connectivity index (χ4n) is 3.66. The molecule has 1 aliphatic rings. The number of likely N-dealkylation sites (tertiary alicyclic amines) is 1. The molecule has 1 saturated heterocycles. The van der Waals surface area contributed by atoms with Crippen LogP contribution in [0.5, 0.6) is 5.88 Å². The van der Waals surface area contributed by atoms with E-state index >= 15 is 0 Å².